The second-order valence-corrected chi connectivity index (χ2v) is 4.87. The van der Waals surface area contributed by atoms with Gasteiger partial charge in [0, 0.05) is 5.56 Å². The van der Waals surface area contributed by atoms with Gasteiger partial charge >= 0.3 is 0 Å². The first kappa shape index (κ1) is 12.1. The minimum absolute atomic E-state index is 0.291. The SMILES string of the molecule is NC(=O)c1ccc(F)cc1CC1CCCCC1. The molecular formula is C14H18FNO. The molecule has 0 spiro atoms. The molecular weight excluding hydrogens is 217 g/mol. The number of hydrogen-bond acceptors (Lipinski definition) is 1. The van der Waals surface area contributed by atoms with Gasteiger partial charge in [-0.2, -0.15) is 0 Å². The van der Waals surface area contributed by atoms with Crippen molar-refractivity contribution in [2.75, 3.05) is 0 Å². The van der Waals surface area contributed by atoms with Gasteiger partial charge in [-0.15, -0.1) is 0 Å². The Hall–Kier alpha value is -1.38. The zero-order valence-electron chi connectivity index (χ0n) is 9.92. The van der Waals surface area contributed by atoms with E-state index >= 15 is 0 Å². The number of primary amides is 1. The summed E-state index contributed by atoms with van der Waals surface area (Å²) in [6, 6.07) is 4.25. The van der Waals surface area contributed by atoms with E-state index in [-0.39, 0.29) is 5.82 Å². The number of halogens is 1. The summed E-state index contributed by atoms with van der Waals surface area (Å²) >= 11 is 0. The van der Waals surface area contributed by atoms with Gasteiger partial charge in [-0.05, 0) is 36.1 Å². The number of nitrogens with two attached hydrogens (primary N) is 1. The van der Waals surface area contributed by atoms with Gasteiger partial charge in [0.05, 0.1) is 0 Å². The Morgan fingerprint density at radius 2 is 2.00 bits per heavy atom. The fourth-order valence-corrected chi connectivity index (χ4v) is 2.67. The lowest BCUT2D eigenvalue weighted by Gasteiger charge is -2.22. The maximum atomic E-state index is 13.2. The largest absolute Gasteiger partial charge is 0.366 e. The molecule has 2 nitrogen and oxygen atoms in total. The van der Waals surface area contributed by atoms with Crippen LogP contribution in [0.4, 0.5) is 4.39 Å². The summed E-state index contributed by atoms with van der Waals surface area (Å²) in [5.74, 6) is -0.180. The average molecular weight is 235 g/mol. The molecule has 0 unspecified atom stereocenters. The van der Waals surface area contributed by atoms with Crippen molar-refractivity contribution in [3.63, 3.8) is 0 Å². The Morgan fingerprint density at radius 1 is 1.29 bits per heavy atom. The van der Waals surface area contributed by atoms with Gasteiger partial charge in [-0.3, -0.25) is 4.79 Å². The highest BCUT2D eigenvalue weighted by Crippen LogP contribution is 2.28. The first-order chi connectivity index (χ1) is 8.16. The van der Waals surface area contributed by atoms with Gasteiger partial charge < -0.3 is 5.73 Å². The van der Waals surface area contributed by atoms with E-state index in [0.717, 1.165) is 12.0 Å². The molecule has 92 valence electrons. The van der Waals surface area contributed by atoms with E-state index in [1.165, 1.54) is 50.3 Å². The van der Waals surface area contributed by atoms with Gasteiger partial charge in [0.1, 0.15) is 5.82 Å². The molecule has 1 aliphatic rings. The molecule has 3 heteroatoms. The van der Waals surface area contributed by atoms with Crippen LogP contribution in [0, 0.1) is 11.7 Å². The number of rotatable bonds is 3. The van der Waals surface area contributed by atoms with E-state index in [4.69, 9.17) is 5.73 Å². The van der Waals surface area contributed by atoms with E-state index in [0.29, 0.717) is 11.5 Å². The first-order valence-corrected chi connectivity index (χ1v) is 6.25. The topological polar surface area (TPSA) is 43.1 Å². The van der Waals surface area contributed by atoms with Crippen LogP contribution in [-0.4, -0.2) is 5.91 Å². The number of carbonyl (C=O) groups excluding carboxylic acids is 1. The van der Waals surface area contributed by atoms with Crippen molar-refractivity contribution < 1.29 is 9.18 Å². The van der Waals surface area contributed by atoms with Crippen LogP contribution in [0.1, 0.15) is 48.0 Å². The average Bonchev–Trinajstić information content (AvgIpc) is 2.30. The molecule has 1 aromatic rings. The normalized spacial score (nSPS) is 17.0. The molecule has 0 aromatic heterocycles. The molecule has 2 rings (SSSR count). The maximum Gasteiger partial charge on any atom is 0.248 e. The molecule has 0 saturated heterocycles. The number of hydrogen-bond donors (Lipinski definition) is 1. The zero-order valence-corrected chi connectivity index (χ0v) is 9.92. The summed E-state index contributed by atoms with van der Waals surface area (Å²) in [5.41, 5.74) is 6.55. The van der Waals surface area contributed by atoms with Crippen molar-refractivity contribution in [1.29, 1.82) is 0 Å². The second-order valence-electron chi connectivity index (χ2n) is 4.87. The third-order valence-electron chi connectivity index (χ3n) is 3.57. The molecule has 0 bridgehead atoms. The second kappa shape index (κ2) is 5.30. The summed E-state index contributed by atoms with van der Waals surface area (Å²) in [6.07, 6.45) is 6.90. The van der Waals surface area contributed by atoms with Gasteiger partial charge in [0.2, 0.25) is 5.91 Å². The molecule has 2 N–H and O–H groups in total. The van der Waals surface area contributed by atoms with E-state index in [1.807, 2.05) is 0 Å². The Balaban J connectivity index is 2.17. The van der Waals surface area contributed by atoms with E-state index < -0.39 is 5.91 Å². The molecule has 0 atom stereocenters. The van der Waals surface area contributed by atoms with Crippen molar-refractivity contribution in [2.24, 2.45) is 11.7 Å². The standard InChI is InChI=1S/C14H18FNO/c15-12-6-7-13(14(16)17)11(9-12)8-10-4-2-1-3-5-10/h6-7,9-10H,1-5,8H2,(H2,16,17). The molecule has 0 heterocycles. The van der Waals surface area contributed by atoms with Crippen molar-refractivity contribution in [1.82, 2.24) is 0 Å². The summed E-state index contributed by atoms with van der Waals surface area (Å²) in [4.78, 5) is 11.3. The zero-order chi connectivity index (χ0) is 12.3. The van der Waals surface area contributed by atoms with Crippen LogP contribution in [0.3, 0.4) is 0 Å². The number of benzene rings is 1. The van der Waals surface area contributed by atoms with Crippen LogP contribution in [0.5, 0.6) is 0 Å². The Labute approximate surface area is 101 Å². The molecule has 1 aliphatic carbocycles. The van der Waals surface area contributed by atoms with Crippen LogP contribution in [0.2, 0.25) is 0 Å². The van der Waals surface area contributed by atoms with Crippen LogP contribution < -0.4 is 5.73 Å². The third kappa shape index (κ3) is 3.05. The highest BCUT2D eigenvalue weighted by Gasteiger charge is 2.17. The minimum Gasteiger partial charge on any atom is -0.366 e. The summed E-state index contributed by atoms with van der Waals surface area (Å²) in [5, 5.41) is 0. The molecule has 17 heavy (non-hydrogen) atoms. The van der Waals surface area contributed by atoms with Crippen LogP contribution >= 0.6 is 0 Å². The quantitative estimate of drug-likeness (QED) is 0.859. The lowest BCUT2D eigenvalue weighted by molar-refractivity contribution is 0.0999. The molecule has 0 aliphatic heterocycles. The van der Waals surface area contributed by atoms with Crippen LogP contribution in [-0.2, 0) is 6.42 Å². The molecule has 1 aromatic carbocycles. The van der Waals surface area contributed by atoms with Crippen molar-refractivity contribution >= 4 is 5.91 Å². The van der Waals surface area contributed by atoms with E-state index in [1.54, 1.807) is 0 Å². The monoisotopic (exact) mass is 235 g/mol. The van der Waals surface area contributed by atoms with Crippen molar-refractivity contribution in [3.05, 3.63) is 35.1 Å². The molecule has 1 saturated carbocycles. The lowest BCUT2D eigenvalue weighted by atomic mass is 9.84. The summed E-state index contributed by atoms with van der Waals surface area (Å²) in [7, 11) is 0. The molecule has 1 fully saturated rings. The first-order valence-electron chi connectivity index (χ1n) is 6.25. The third-order valence-corrected chi connectivity index (χ3v) is 3.57. The summed E-state index contributed by atoms with van der Waals surface area (Å²) < 4.78 is 13.2. The fourth-order valence-electron chi connectivity index (χ4n) is 2.67. The lowest BCUT2D eigenvalue weighted by Crippen LogP contribution is -2.17. The smallest absolute Gasteiger partial charge is 0.248 e. The molecule has 0 radical (unpaired) electrons. The van der Waals surface area contributed by atoms with Gasteiger partial charge in [-0.1, -0.05) is 32.1 Å². The van der Waals surface area contributed by atoms with Crippen molar-refractivity contribution in [2.45, 2.75) is 38.5 Å². The highest BCUT2D eigenvalue weighted by atomic mass is 19.1. The fraction of sp³-hybridized carbons (Fsp3) is 0.500. The predicted octanol–water partition coefficient (Wildman–Crippen LogP) is 3.05. The van der Waals surface area contributed by atoms with E-state index in [2.05, 4.69) is 0 Å². The summed E-state index contributed by atoms with van der Waals surface area (Å²) in [6.45, 7) is 0. The van der Waals surface area contributed by atoms with Crippen LogP contribution in [0.25, 0.3) is 0 Å². The predicted molar refractivity (Wildman–Crippen MR) is 65.2 cm³/mol. The number of amides is 1. The maximum absolute atomic E-state index is 13.2. The van der Waals surface area contributed by atoms with Gasteiger partial charge in [0.15, 0.2) is 0 Å². The number of carbonyl (C=O) groups is 1. The van der Waals surface area contributed by atoms with Crippen molar-refractivity contribution in [3.8, 4) is 0 Å². The van der Waals surface area contributed by atoms with E-state index in [9.17, 15) is 9.18 Å². The van der Waals surface area contributed by atoms with Gasteiger partial charge in [-0.25, -0.2) is 4.39 Å². The minimum atomic E-state index is -0.462. The highest BCUT2D eigenvalue weighted by molar-refractivity contribution is 5.94. The Bertz CT molecular complexity index is 411. The Morgan fingerprint density at radius 3 is 2.65 bits per heavy atom. The Kier molecular flexibility index (Phi) is 3.77. The van der Waals surface area contributed by atoms with Gasteiger partial charge in [0.25, 0.3) is 0 Å². The molecule has 1 amide bonds. The van der Waals surface area contributed by atoms with Crippen LogP contribution in [0.15, 0.2) is 18.2 Å².